The Labute approximate surface area is 150 Å². The average Bonchev–Trinajstić information content (AvgIpc) is 3.09. The van der Waals surface area contributed by atoms with E-state index in [0.29, 0.717) is 30.5 Å². The highest BCUT2D eigenvalue weighted by Gasteiger charge is 2.31. The van der Waals surface area contributed by atoms with Crippen molar-refractivity contribution in [2.75, 3.05) is 24.7 Å². The molecular weight excluding hydrogens is 337 g/mol. The van der Waals surface area contributed by atoms with Crippen LogP contribution in [0, 0.1) is 5.82 Å². The van der Waals surface area contributed by atoms with Gasteiger partial charge in [0.15, 0.2) is 0 Å². The Morgan fingerprint density at radius 2 is 2.12 bits per heavy atom. The number of carboxylic acid groups (broad SMARTS) is 1. The first-order chi connectivity index (χ1) is 12.5. The van der Waals surface area contributed by atoms with Crippen LogP contribution in [0.1, 0.15) is 36.5 Å². The molecule has 2 aliphatic rings. The van der Waals surface area contributed by atoms with Crippen LogP contribution in [0.2, 0.25) is 0 Å². The first-order valence-corrected chi connectivity index (χ1v) is 9.08. The van der Waals surface area contributed by atoms with E-state index in [1.54, 1.807) is 10.6 Å². The first kappa shape index (κ1) is 17.0. The van der Waals surface area contributed by atoms with E-state index in [2.05, 4.69) is 4.90 Å². The fourth-order valence-electron chi connectivity index (χ4n) is 4.26. The molecule has 2 aromatic rings. The van der Waals surface area contributed by atoms with Crippen molar-refractivity contribution in [3.63, 3.8) is 0 Å². The number of nitrogens with zero attached hydrogens (tertiary/aromatic N) is 3. The molecule has 2 saturated heterocycles. The highest BCUT2D eigenvalue weighted by molar-refractivity contribution is 5.93. The molecule has 0 radical (unpaired) electrons. The molecule has 138 valence electrons. The summed E-state index contributed by atoms with van der Waals surface area (Å²) < 4.78 is 16.5. The van der Waals surface area contributed by atoms with E-state index >= 15 is 0 Å². The van der Waals surface area contributed by atoms with Gasteiger partial charge in [0.2, 0.25) is 5.43 Å². The Hall–Kier alpha value is -2.41. The molecule has 4 rings (SSSR count). The maximum atomic E-state index is 14.8. The van der Waals surface area contributed by atoms with Crippen LogP contribution in [0.5, 0.6) is 0 Å². The van der Waals surface area contributed by atoms with Gasteiger partial charge >= 0.3 is 5.97 Å². The van der Waals surface area contributed by atoms with Gasteiger partial charge in [0, 0.05) is 37.3 Å². The van der Waals surface area contributed by atoms with Crippen molar-refractivity contribution in [2.45, 2.75) is 38.8 Å². The summed E-state index contributed by atoms with van der Waals surface area (Å²) in [7, 11) is 0. The standard InChI is InChI=1S/C19H22FN3O3/c1-2-21-10-14(19(25)26)18(24)13-8-15(20)17(9-16(13)21)23-7-5-12-4-3-6-22(12)11-23/h8-10,12H,2-7,11H2,1H3,(H,25,26). The molecule has 1 aromatic carbocycles. The topological polar surface area (TPSA) is 65.8 Å². The van der Waals surface area contributed by atoms with E-state index in [-0.39, 0.29) is 10.9 Å². The molecule has 1 unspecified atom stereocenters. The number of carboxylic acids is 1. The van der Waals surface area contributed by atoms with E-state index in [0.717, 1.165) is 19.5 Å². The van der Waals surface area contributed by atoms with Gasteiger partial charge in [-0.25, -0.2) is 9.18 Å². The molecule has 6 nitrogen and oxygen atoms in total. The SMILES string of the molecule is CCn1cc(C(=O)O)c(=O)c2cc(F)c(N3CCC4CCCN4C3)cc21. The van der Waals surface area contributed by atoms with E-state index in [9.17, 15) is 19.1 Å². The molecule has 0 bridgehead atoms. The zero-order valence-corrected chi connectivity index (χ0v) is 14.7. The van der Waals surface area contributed by atoms with Crippen LogP contribution in [0.25, 0.3) is 10.9 Å². The number of halogens is 1. The summed E-state index contributed by atoms with van der Waals surface area (Å²) in [4.78, 5) is 28.2. The largest absolute Gasteiger partial charge is 0.477 e. The van der Waals surface area contributed by atoms with Crippen LogP contribution < -0.4 is 10.3 Å². The summed E-state index contributed by atoms with van der Waals surface area (Å²) in [6.07, 6.45) is 4.75. The van der Waals surface area contributed by atoms with Crippen LogP contribution in [-0.2, 0) is 6.54 Å². The minimum atomic E-state index is -1.29. The van der Waals surface area contributed by atoms with Crippen molar-refractivity contribution in [2.24, 2.45) is 0 Å². The number of rotatable bonds is 3. The van der Waals surface area contributed by atoms with Gasteiger partial charge in [-0.2, -0.15) is 0 Å². The number of aromatic carboxylic acids is 1. The van der Waals surface area contributed by atoms with E-state index in [1.165, 1.54) is 25.1 Å². The monoisotopic (exact) mass is 359 g/mol. The van der Waals surface area contributed by atoms with Crippen molar-refractivity contribution >= 4 is 22.6 Å². The van der Waals surface area contributed by atoms with E-state index in [1.807, 2.05) is 11.8 Å². The van der Waals surface area contributed by atoms with Crippen molar-refractivity contribution in [3.8, 4) is 0 Å². The maximum absolute atomic E-state index is 14.8. The first-order valence-electron chi connectivity index (χ1n) is 9.08. The third kappa shape index (κ3) is 2.67. The molecular formula is C19H22FN3O3. The minimum absolute atomic E-state index is 0.115. The zero-order valence-electron chi connectivity index (χ0n) is 14.7. The highest BCUT2D eigenvalue weighted by Crippen LogP contribution is 2.31. The number of aryl methyl sites for hydroxylation is 1. The van der Waals surface area contributed by atoms with Crippen LogP contribution in [0.15, 0.2) is 23.1 Å². The quantitative estimate of drug-likeness (QED) is 0.912. The number of anilines is 1. The number of fused-ring (bicyclic) bond motifs is 2. The number of benzene rings is 1. The average molecular weight is 359 g/mol. The molecule has 0 aliphatic carbocycles. The molecule has 2 fully saturated rings. The Kier molecular flexibility index (Phi) is 4.19. The Balaban J connectivity index is 1.82. The van der Waals surface area contributed by atoms with Gasteiger partial charge in [0.05, 0.1) is 17.9 Å². The van der Waals surface area contributed by atoms with Gasteiger partial charge < -0.3 is 14.6 Å². The third-order valence-electron chi connectivity index (χ3n) is 5.64. The summed E-state index contributed by atoms with van der Waals surface area (Å²) in [6, 6.07) is 3.49. The predicted octanol–water partition coefficient (Wildman–Crippen LogP) is 2.49. The zero-order chi connectivity index (χ0) is 18.4. The predicted molar refractivity (Wildman–Crippen MR) is 97.4 cm³/mol. The van der Waals surface area contributed by atoms with Crippen molar-refractivity contribution in [1.29, 1.82) is 0 Å². The summed E-state index contributed by atoms with van der Waals surface area (Å²) in [5.41, 5.74) is 0.0836. The fraction of sp³-hybridized carbons (Fsp3) is 0.474. The van der Waals surface area contributed by atoms with Crippen LogP contribution in [0.3, 0.4) is 0 Å². The minimum Gasteiger partial charge on any atom is -0.477 e. The van der Waals surface area contributed by atoms with Crippen LogP contribution in [-0.4, -0.2) is 46.3 Å². The second-order valence-corrected chi connectivity index (χ2v) is 7.09. The maximum Gasteiger partial charge on any atom is 0.341 e. The smallest absolute Gasteiger partial charge is 0.341 e. The fourth-order valence-corrected chi connectivity index (χ4v) is 4.26. The second-order valence-electron chi connectivity index (χ2n) is 7.09. The number of carbonyl (C=O) groups is 1. The summed E-state index contributed by atoms with van der Waals surface area (Å²) in [6.45, 7) is 4.88. The van der Waals surface area contributed by atoms with Gasteiger partial charge in [0.25, 0.3) is 0 Å². The molecule has 7 heteroatoms. The molecule has 1 N–H and O–H groups in total. The van der Waals surface area contributed by atoms with Gasteiger partial charge in [-0.05, 0) is 38.3 Å². The molecule has 26 heavy (non-hydrogen) atoms. The lowest BCUT2D eigenvalue weighted by molar-refractivity contribution is 0.0695. The lowest BCUT2D eigenvalue weighted by Crippen LogP contribution is -2.48. The lowest BCUT2D eigenvalue weighted by Gasteiger charge is -2.39. The second kappa shape index (κ2) is 6.39. The van der Waals surface area contributed by atoms with Crippen molar-refractivity contribution in [1.82, 2.24) is 9.47 Å². The van der Waals surface area contributed by atoms with Gasteiger partial charge in [-0.15, -0.1) is 0 Å². The van der Waals surface area contributed by atoms with Crippen molar-refractivity contribution < 1.29 is 14.3 Å². The molecule has 2 aliphatic heterocycles. The number of aromatic nitrogens is 1. The molecule has 0 spiro atoms. The summed E-state index contributed by atoms with van der Waals surface area (Å²) >= 11 is 0. The number of hydrogen-bond donors (Lipinski definition) is 1. The Bertz CT molecular complexity index is 940. The van der Waals surface area contributed by atoms with Gasteiger partial charge in [-0.3, -0.25) is 9.69 Å². The Morgan fingerprint density at radius 3 is 2.85 bits per heavy atom. The molecule has 1 atom stereocenters. The van der Waals surface area contributed by atoms with Crippen molar-refractivity contribution in [3.05, 3.63) is 39.9 Å². The molecule has 0 amide bonds. The van der Waals surface area contributed by atoms with Crippen LogP contribution in [0.4, 0.5) is 10.1 Å². The summed E-state index contributed by atoms with van der Waals surface area (Å²) in [5.74, 6) is -1.77. The van der Waals surface area contributed by atoms with Crippen LogP contribution >= 0.6 is 0 Å². The van der Waals surface area contributed by atoms with E-state index < -0.39 is 17.2 Å². The number of pyridine rings is 1. The Morgan fingerprint density at radius 1 is 1.31 bits per heavy atom. The normalized spacial score (nSPS) is 20.5. The van der Waals surface area contributed by atoms with E-state index in [4.69, 9.17) is 0 Å². The van der Waals surface area contributed by atoms with Gasteiger partial charge in [-0.1, -0.05) is 0 Å². The molecule has 0 saturated carbocycles. The third-order valence-corrected chi connectivity index (χ3v) is 5.64. The number of hydrogen-bond acceptors (Lipinski definition) is 4. The lowest BCUT2D eigenvalue weighted by atomic mass is 10.1. The molecule has 3 heterocycles. The highest BCUT2D eigenvalue weighted by atomic mass is 19.1. The summed E-state index contributed by atoms with van der Waals surface area (Å²) in [5, 5.41) is 9.35. The van der Waals surface area contributed by atoms with Gasteiger partial charge in [0.1, 0.15) is 11.4 Å². The molecule has 1 aromatic heterocycles.